The van der Waals surface area contributed by atoms with Gasteiger partial charge < -0.3 is 19.3 Å². The lowest BCUT2D eigenvalue weighted by Gasteiger charge is -2.31. The highest BCUT2D eigenvalue weighted by Gasteiger charge is 2.19. The summed E-state index contributed by atoms with van der Waals surface area (Å²) in [5.41, 5.74) is 3.57. The van der Waals surface area contributed by atoms with E-state index < -0.39 is 4.92 Å². The van der Waals surface area contributed by atoms with E-state index in [2.05, 4.69) is 25.3 Å². The first kappa shape index (κ1) is 20.0. The van der Waals surface area contributed by atoms with E-state index in [4.69, 9.17) is 14.5 Å². The van der Waals surface area contributed by atoms with Crippen molar-refractivity contribution in [1.82, 2.24) is 9.97 Å². The average molecular weight is 413 g/mol. The Balaban J connectivity index is 1.54. The van der Waals surface area contributed by atoms with Gasteiger partial charge >= 0.3 is 0 Å². The number of ether oxygens (including phenoxy) is 2. The third-order valence-corrected chi connectivity index (χ3v) is 4.80. The van der Waals surface area contributed by atoms with Gasteiger partial charge in [-0.1, -0.05) is 12.1 Å². The van der Waals surface area contributed by atoms with Gasteiger partial charge in [-0.3, -0.25) is 15.5 Å². The fourth-order valence-electron chi connectivity index (χ4n) is 3.23. The van der Waals surface area contributed by atoms with E-state index in [1.807, 2.05) is 6.07 Å². The van der Waals surface area contributed by atoms with E-state index in [0.29, 0.717) is 43.8 Å². The van der Waals surface area contributed by atoms with Gasteiger partial charge in [0.15, 0.2) is 5.82 Å². The van der Waals surface area contributed by atoms with Crippen LogP contribution >= 0.6 is 0 Å². The first-order valence-electron chi connectivity index (χ1n) is 9.77. The van der Waals surface area contributed by atoms with Crippen molar-refractivity contribution >= 4 is 29.5 Å². The van der Waals surface area contributed by atoms with Crippen LogP contribution in [0.2, 0.25) is 0 Å². The van der Waals surface area contributed by atoms with Crippen LogP contribution in [0.3, 0.4) is 0 Å². The maximum atomic E-state index is 10.9. The molecule has 0 bridgehead atoms. The molecule has 2 saturated heterocycles. The number of nitro groups is 1. The Morgan fingerprint density at radius 1 is 1.03 bits per heavy atom. The van der Waals surface area contributed by atoms with Crippen molar-refractivity contribution in [1.29, 1.82) is 0 Å². The highest BCUT2D eigenvalue weighted by molar-refractivity contribution is 5.81. The minimum absolute atomic E-state index is 0.0187. The fourth-order valence-corrected chi connectivity index (χ4v) is 3.23. The number of anilines is 3. The number of hydrazone groups is 1. The Hall–Kier alpha value is -3.31. The van der Waals surface area contributed by atoms with Crippen LogP contribution in [0.4, 0.5) is 23.3 Å². The third-order valence-electron chi connectivity index (χ3n) is 4.80. The molecule has 2 aliphatic rings. The molecule has 1 aromatic heterocycles. The van der Waals surface area contributed by atoms with Gasteiger partial charge in [-0.2, -0.15) is 15.1 Å². The van der Waals surface area contributed by atoms with Crippen LogP contribution < -0.4 is 15.2 Å². The molecule has 0 amide bonds. The van der Waals surface area contributed by atoms with E-state index in [1.54, 1.807) is 12.1 Å². The molecule has 158 valence electrons. The lowest BCUT2D eigenvalue weighted by molar-refractivity contribution is -0.384. The Labute approximate surface area is 173 Å². The molecule has 2 aromatic rings. The summed E-state index contributed by atoms with van der Waals surface area (Å²) in [7, 11) is 0. The molecule has 0 spiro atoms. The Bertz CT molecular complexity index is 875. The van der Waals surface area contributed by atoms with Crippen LogP contribution in [0.1, 0.15) is 5.56 Å². The van der Waals surface area contributed by atoms with E-state index in [-0.39, 0.29) is 5.69 Å². The number of non-ortho nitro benzene ring substituents is 1. The molecule has 0 aliphatic carbocycles. The second kappa shape index (κ2) is 9.46. The molecule has 3 heterocycles. The van der Waals surface area contributed by atoms with E-state index in [0.717, 1.165) is 32.0 Å². The molecule has 30 heavy (non-hydrogen) atoms. The maximum absolute atomic E-state index is 10.9. The monoisotopic (exact) mass is 413 g/mol. The first-order chi connectivity index (χ1) is 14.7. The molecular formula is C19H23N7O4. The zero-order chi connectivity index (χ0) is 20.8. The van der Waals surface area contributed by atoms with E-state index in [9.17, 15) is 10.1 Å². The number of nitrogens with one attached hydrogen (secondary N) is 1. The summed E-state index contributed by atoms with van der Waals surface area (Å²) >= 11 is 0. The maximum Gasteiger partial charge on any atom is 0.270 e. The van der Waals surface area contributed by atoms with Crippen molar-refractivity contribution in [3.05, 3.63) is 46.0 Å². The van der Waals surface area contributed by atoms with Crippen molar-refractivity contribution in [2.24, 2.45) is 5.10 Å². The number of benzene rings is 1. The molecule has 0 unspecified atom stereocenters. The predicted octanol–water partition coefficient (Wildman–Crippen LogP) is 1.50. The average Bonchev–Trinajstić information content (AvgIpc) is 2.80. The van der Waals surface area contributed by atoms with Gasteiger partial charge in [0.1, 0.15) is 5.82 Å². The molecule has 0 saturated carbocycles. The zero-order valence-electron chi connectivity index (χ0n) is 16.4. The number of hydrogen-bond donors (Lipinski definition) is 1. The van der Waals surface area contributed by atoms with Crippen molar-refractivity contribution in [2.45, 2.75) is 0 Å². The zero-order valence-corrected chi connectivity index (χ0v) is 16.4. The minimum atomic E-state index is -0.432. The standard InChI is InChI=1S/C19H23N7O4/c27-26(28)16-3-1-2-15(12-16)14-20-23-17-13-18(24-4-8-29-9-5-24)22-19(21-17)25-6-10-30-11-7-25/h1-3,12-14H,4-11H2,(H,21,22,23)/b20-14-. The molecular weight excluding hydrogens is 390 g/mol. The molecule has 1 aromatic carbocycles. The van der Waals surface area contributed by atoms with Crippen molar-refractivity contribution < 1.29 is 14.4 Å². The number of rotatable bonds is 6. The molecule has 1 N–H and O–H groups in total. The van der Waals surface area contributed by atoms with Crippen LogP contribution in [0.5, 0.6) is 0 Å². The van der Waals surface area contributed by atoms with Gasteiger partial charge in [-0.15, -0.1) is 0 Å². The van der Waals surface area contributed by atoms with Crippen LogP contribution in [0.15, 0.2) is 35.4 Å². The predicted molar refractivity (Wildman–Crippen MR) is 112 cm³/mol. The van der Waals surface area contributed by atoms with Gasteiger partial charge in [0, 0.05) is 49.9 Å². The van der Waals surface area contributed by atoms with E-state index in [1.165, 1.54) is 18.3 Å². The molecule has 11 nitrogen and oxygen atoms in total. The summed E-state index contributed by atoms with van der Waals surface area (Å²) in [4.78, 5) is 24.1. The third kappa shape index (κ3) is 4.99. The number of nitrogens with zero attached hydrogens (tertiary/aromatic N) is 6. The summed E-state index contributed by atoms with van der Waals surface area (Å²) < 4.78 is 10.9. The molecule has 4 rings (SSSR count). The summed E-state index contributed by atoms with van der Waals surface area (Å²) in [6.45, 7) is 5.56. The minimum Gasteiger partial charge on any atom is -0.378 e. The summed E-state index contributed by atoms with van der Waals surface area (Å²) in [5.74, 6) is 1.98. The SMILES string of the molecule is O=[N+]([O-])c1cccc(/C=N\Nc2cc(N3CCOCC3)nc(N3CCOCC3)n2)c1. The second-order valence-corrected chi connectivity index (χ2v) is 6.83. The second-order valence-electron chi connectivity index (χ2n) is 6.83. The summed E-state index contributed by atoms with van der Waals surface area (Å²) in [6, 6.07) is 8.12. The molecule has 2 aliphatic heterocycles. The largest absolute Gasteiger partial charge is 0.378 e. The van der Waals surface area contributed by atoms with Gasteiger partial charge in [0.25, 0.3) is 5.69 Å². The lowest BCUT2D eigenvalue weighted by Crippen LogP contribution is -2.39. The quantitative estimate of drug-likeness (QED) is 0.427. The number of hydrogen-bond acceptors (Lipinski definition) is 10. The van der Waals surface area contributed by atoms with E-state index >= 15 is 0 Å². The number of aromatic nitrogens is 2. The first-order valence-corrected chi connectivity index (χ1v) is 9.77. The van der Waals surface area contributed by atoms with Gasteiger partial charge in [0.2, 0.25) is 5.95 Å². The highest BCUT2D eigenvalue weighted by atomic mass is 16.6. The van der Waals surface area contributed by atoms with Crippen molar-refractivity contribution in [2.75, 3.05) is 67.8 Å². The Morgan fingerprint density at radius 3 is 2.43 bits per heavy atom. The molecule has 11 heteroatoms. The topological polar surface area (TPSA) is 118 Å². The lowest BCUT2D eigenvalue weighted by atomic mass is 10.2. The highest BCUT2D eigenvalue weighted by Crippen LogP contribution is 2.22. The summed E-state index contributed by atoms with van der Waals surface area (Å²) in [6.07, 6.45) is 1.53. The van der Waals surface area contributed by atoms with Crippen LogP contribution in [0.25, 0.3) is 0 Å². The molecule has 2 fully saturated rings. The van der Waals surface area contributed by atoms with Gasteiger partial charge in [0.05, 0.1) is 37.6 Å². The Morgan fingerprint density at radius 2 is 1.73 bits per heavy atom. The molecule has 0 radical (unpaired) electrons. The smallest absolute Gasteiger partial charge is 0.270 e. The Kier molecular flexibility index (Phi) is 6.30. The van der Waals surface area contributed by atoms with Gasteiger partial charge in [-0.25, -0.2) is 0 Å². The summed E-state index contributed by atoms with van der Waals surface area (Å²) in [5, 5.41) is 15.1. The van der Waals surface area contributed by atoms with Crippen molar-refractivity contribution in [3.8, 4) is 0 Å². The molecule has 0 atom stereocenters. The van der Waals surface area contributed by atoms with Crippen LogP contribution in [-0.4, -0.2) is 73.7 Å². The normalized spacial score (nSPS) is 17.3. The van der Waals surface area contributed by atoms with Crippen molar-refractivity contribution in [3.63, 3.8) is 0 Å². The van der Waals surface area contributed by atoms with Crippen LogP contribution in [0, 0.1) is 10.1 Å². The van der Waals surface area contributed by atoms with Crippen LogP contribution in [-0.2, 0) is 9.47 Å². The number of nitro benzene ring substituents is 1. The van der Waals surface area contributed by atoms with Gasteiger partial charge in [-0.05, 0) is 0 Å². The fraction of sp³-hybridized carbons (Fsp3) is 0.421. The number of morpholine rings is 2.